The monoisotopic (exact) mass is 601 g/mol. The minimum atomic E-state index is -1.27. The van der Waals surface area contributed by atoms with Gasteiger partial charge in [-0.05, 0) is 67.8 Å². The number of aromatic carboxylic acids is 2. The second kappa shape index (κ2) is 6.51. The normalized spacial score (nSPS) is 10.1. The van der Waals surface area contributed by atoms with Gasteiger partial charge in [-0.3, -0.25) is 4.79 Å². The Hall–Kier alpha value is -0.180. The highest BCUT2D eigenvalue weighted by molar-refractivity contribution is 14.1. The van der Waals surface area contributed by atoms with Gasteiger partial charge in [-0.1, -0.05) is 0 Å². The molecule has 0 fully saturated rings. The third kappa shape index (κ3) is 3.12. The van der Waals surface area contributed by atoms with Crippen LogP contribution in [0.25, 0.3) is 0 Å². The number of halogens is 3. The first-order valence-corrected chi connectivity index (χ1v) is 7.86. The topological polar surface area (TPSA) is 104 Å². The van der Waals surface area contributed by atoms with Gasteiger partial charge in [-0.2, -0.15) is 0 Å². The predicted octanol–water partition coefficient (Wildman–Crippen LogP) is 2.26. The molecule has 1 amide bonds. The molecule has 0 saturated heterocycles. The maximum Gasteiger partial charge on any atom is 0.337 e. The molecule has 0 aliphatic heterocycles. The number of carboxylic acids is 2. The Labute approximate surface area is 148 Å². The van der Waals surface area contributed by atoms with Gasteiger partial charge >= 0.3 is 11.9 Å². The first-order valence-electron chi connectivity index (χ1n) is 4.63. The highest BCUT2D eigenvalue weighted by Crippen LogP contribution is 2.32. The van der Waals surface area contributed by atoms with E-state index in [1.165, 1.54) is 7.05 Å². The van der Waals surface area contributed by atoms with E-state index < -0.39 is 17.8 Å². The summed E-state index contributed by atoms with van der Waals surface area (Å²) in [7, 11) is 1.40. The van der Waals surface area contributed by atoms with Crippen LogP contribution in [0.15, 0.2) is 0 Å². The van der Waals surface area contributed by atoms with Crippen molar-refractivity contribution in [1.82, 2.24) is 5.32 Å². The zero-order chi connectivity index (χ0) is 14.9. The second-order valence-electron chi connectivity index (χ2n) is 3.26. The van der Waals surface area contributed by atoms with Gasteiger partial charge in [0.25, 0.3) is 5.91 Å². The molecule has 19 heavy (non-hydrogen) atoms. The van der Waals surface area contributed by atoms with Crippen molar-refractivity contribution in [3.8, 4) is 0 Å². The van der Waals surface area contributed by atoms with Gasteiger partial charge in [0.15, 0.2) is 0 Å². The highest BCUT2D eigenvalue weighted by atomic mass is 127. The van der Waals surface area contributed by atoms with Crippen molar-refractivity contribution in [1.29, 1.82) is 0 Å². The van der Waals surface area contributed by atoms with Gasteiger partial charge in [0, 0.05) is 17.8 Å². The van der Waals surface area contributed by atoms with Crippen molar-refractivity contribution in [3.05, 3.63) is 27.4 Å². The van der Waals surface area contributed by atoms with Crippen LogP contribution in [0.4, 0.5) is 0 Å². The number of rotatable bonds is 3. The van der Waals surface area contributed by atoms with Gasteiger partial charge in [-0.15, -0.1) is 0 Å². The summed E-state index contributed by atoms with van der Waals surface area (Å²) in [5, 5.41) is 20.7. The standard InChI is InChI=1S/C10H6I3NO5/c1-14-8(15)2-5(11)3(9(16)17)7(13)4(6(2)12)10(18)19/h1H3,(H,14,15)(H,16,17)(H,18,19). The van der Waals surface area contributed by atoms with Crippen LogP contribution in [0.2, 0.25) is 0 Å². The van der Waals surface area contributed by atoms with Crippen LogP contribution < -0.4 is 5.32 Å². The lowest BCUT2D eigenvalue weighted by molar-refractivity contribution is 0.0694. The third-order valence-corrected chi connectivity index (χ3v) is 5.44. The average Bonchev–Trinajstić information content (AvgIpc) is 2.26. The molecule has 6 nitrogen and oxygen atoms in total. The first-order chi connectivity index (χ1) is 8.73. The summed E-state index contributed by atoms with van der Waals surface area (Å²) in [6, 6.07) is 0. The molecule has 0 spiro atoms. The summed E-state index contributed by atoms with van der Waals surface area (Å²) in [5.41, 5.74) is -0.269. The van der Waals surface area contributed by atoms with Crippen molar-refractivity contribution >= 4 is 85.6 Å². The van der Waals surface area contributed by atoms with E-state index in [0.29, 0.717) is 0 Å². The minimum Gasteiger partial charge on any atom is -0.478 e. The van der Waals surface area contributed by atoms with Gasteiger partial charge in [-0.25, -0.2) is 9.59 Å². The number of hydrogen-bond donors (Lipinski definition) is 3. The van der Waals surface area contributed by atoms with E-state index in [1.54, 1.807) is 67.8 Å². The Morgan fingerprint density at radius 2 is 1.16 bits per heavy atom. The van der Waals surface area contributed by atoms with Crippen LogP contribution in [-0.2, 0) is 0 Å². The Morgan fingerprint density at radius 1 is 0.842 bits per heavy atom. The first kappa shape index (κ1) is 16.9. The quantitative estimate of drug-likeness (QED) is 0.462. The maximum atomic E-state index is 11.8. The molecular weight excluding hydrogens is 595 g/mol. The highest BCUT2D eigenvalue weighted by Gasteiger charge is 2.29. The third-order valence-electron chi connectivity index (χ3n) is 2.20. The summed E-state index contributed by atoms with van der Waals surface area (Å²) in [6.45, 7) is 0. The largest absolute Gasteiger partial charge is 0.478 e. The van der Waals surface area contributed by atoms with Crippen LogP contribution in [-0.4, -0.2) is 35.1 Å². The number of carbonyl (C=O) groups excluding carboxylic acids is 1. The van der Waals surface area contributed by atoms with Crippen LogP contribution in [0.5, 0.6) is 0 Å². The lowest BCUT2D eigenvalue weighted by Crippen LogP contribution is -2.25. The van der Waals surface area contributed by atoms with Crippen LogP contribution >= 0.6 is 67.8 Å². The van der Waals surface area contributed by atoms with Crippen molar-refractivity contribution < 1.29 is 24.6 Å². The molecule has 0 unspecified atom stereocenters. The van der Waals surface area contributed by atoms with Crippen LogP contribution in [0, 0.1) is 10.7 Å². The Balaban J connectivity index is 3.90. The molecule has 0 saturated carbocycles. The maximum absolute atomic E-state index is 11.8. The molecule has 0 aromatic heterocycles. The molecule has 102 valence electrons. The van der Waals surface area contributed by atoms with E-state index in [2.05, 4.69) is 5.32 Å². The van der Waals surface area contributed by atoms with E-state index in [1.807, 2.05) is 0 Å². The van der Waals surface area contributed by atoms with Crippen LogP contribution in [0.1, 0.15) is 31.1 Å². The van der Waals surface area contributed by atoms with E-state index >= 15 is 0 Å². The lowest BCUT2D eigenvalue weighted by atomic mass is 10.0. The fourth-order valence-electron chi connectivity index (χ4n) is 1.36. The van der Waals surface area contributed by atoms with Gasteiger partial charge in [0.1, 0.15) is 0 Å². The fourth-order valence-corrected chi connectivity index (χ4v) is 5.94. The molecule has 9 heteroatoms. The van der Waals surface area contributed by atoms with Crippen molar-refractivity contribution in [2.24, 2.45) is 0 Å². The predicted molar refractivity (Wildman–Crippen MR) is 91.9 cm³/mol. The molecular formula is C10H6I3NO5. The minimum absolute atomic E-state index is 0.0684. The SMILES string of the molecule is CNC(=O)c1c(I)c(C(=O)O)c(I)c(C(=O)O)c1I. The summed E-state index contributed by atoms with van der Waals surface area (Å²) in [4.78, 5) is 34.3. The summed E-state index contributed by atoms with van der Waals surface area (Å²) in [5.74, 6) is -3.05. The van der Waals surface area contributed by atoms with E-state index in [0.717, 1.165) is 0 Å². The van der Waals surface area contributed by atoms with Crippen molar-refractivity contribution in [2.75, 3.05) is 7.05 Å². The number of benzene rings is 1. The fraction of sp³-hybridized carbons (Fsp3) is 0.100. The van der Waals surface area contributed by atoms with Gasteiger partial charge < -0.3 is 15.5 Å². The summed E-state index contributed by atoms with van der Waals surface area (Å²) in [6.07, 6.45) is 0. The molecule has 0 radical (unpaired) electrons. The number of hydrogen-bond acceptors (Lipinski definition) is 3. The Bertz CT molecular complexity index is 558. The lowest BCUT2D eigenvalue weighted by Gasteiger charge is -2.14. The Morgan fingerprint density at radius 3 is 1.42 bits per heavy atom. The zero-order valence-corrected chi connectivity index (χ0v) is 15.7. The van der Waals surface area contributed by atoms with Gasteiger partial charge in [0.05, 0.1) is 16.7 Å². The summed E-state index contributed by atoms with van der Waals surface area (Å²) < 4.78 is 0.561. The molecule has 1 aromatic carbocycles. The Kier molecular flexibility index (Phi) is 5.78. The van der Waals surface area contributed by atoms with Gasteiger partial charge in [0.2, 0.25) is 0 Å². The molecule has 1 aromatic rings. The molecule has 0 atom stereocenters. The average molecular weight is 601 g/mol. The van der Waals surface area contributed by atoms with E-state index in [-0.39, 0.29) is 27.4 Å². The van der Waals surface area contributed by atoms with E-state index in [4.69, 9.17) is 0 Å². The molecule has 0 heterocycles. The smallest absolute Gasteiger partial charge is 0.337 e. The number of carboxylic acid groups (broad SMARTS) is 2. The molecule has 3 N–H and O–H groups in total. The van der Waals surface area contributed by atoms with Crippen molar-refractivity contribution in [3.63, 3.8) is 0 Å². The molecule has 1 rings (SSSR count). The zero-order valence-electron chi connectivity index (χ0n) is 9.25. The molecule has 0 aliphatic rings. The second-order valence-corrected chi connectivity index (χ2v) is 6.49. The number of amides is 1. The number of nitrogens with one attached hydrogen (secondary N) is 1. The van der Waals surface area contributed by atoms with Crippen molar-refractivity contribution in [2.45, 2.75) is 0 Å². The van der Waals surface area contributed by atoms with Crippen LogP contribution in [0.3, 0.4) is 0 Å². The number of carbonyl (C=O) groups is 3. The molecule has 0 bridgehead atoms. The molecule has 0 aliphatic carbocycles. The van der Waals surface area contributed by atoms with E-state index in [9.17, 15) is 24.6 Å². The summed E-state index contributed by atoms with van der Waals surface area (Å²) >= 11 is 5.16.